The van der Waals surface area contributed by atoms with Gasteiger partial charge in [-0.2, -0.15) is 0 Å². The molecule has 0 saturated carbocycles. The van der Waals surface area contributed by atoms with Gasteiger partial charge in [0.2, 0.25) is 5.91 Å². The van der Waals surface area contributed by atoms with Crippen LogP contribution in [0.15, 0.2) is 77.4 Å². The Bertz CT molecular complexity index is 1510. The first-order chi connectivity index (χ1) is 15.0. The maximum atomic E-state index is 14.2. The molecule has 1 atom stereocenters. The summed E-state index contributed by atoms with van der Waals surface area (Å²) in [5.74, 6) is 0.0456. The van der Waals surface area contributed by atoms with Crippen LogP contribution in [0.4, 0.5) is 5.69 Å². The predicted octanol–water partition coefficient (Wildman–Crippen LogP) is 6.03. The number of aryl methyl sites for hydroxylation is 1. The van der Waals surface area contributed by atoms with Crippen molar-refractivity contribution in [1.29, 1.82) is 0 Å². The monoisotopic (exact) mass is 469 g/mol. The number of aromatic amines is 2. The van der Waals surface area contributed by atoms with E-state index in [1.165, 1.54) is 0 Å². The highest BCUT2D eigenvalue weighted by Crippen LogP contribution is 2.53. The minimum atomic E-state index is -0.965. The van der Waals surface area contributed by atoms with Gasteiger partial charge in [-0.05, 0) is 46.6 Å². The molecule has 3 aromatic carbocycles. The highest BCUT2D eigenvalue weighted by molar-refractivity contribution is 9.10. The molecule has 31 heavy (non-hydrogen) atoms. The third-order valence-electron chi connectivity index (χ3n) is 6.70. The molecule has 1 aliphatic rings. The maximum absolute atomic E-state index is 14.2. The van der Waals surface area contributed by atoms with Gasteiger partial charge in [0.25, 0.3) is 0 Å². The number of benzene rings is 3. The van der Waals surface area contributed by atoms with Crippen molar-refractivity contribution in [3.8, 4) is 0 Å². The van der Waals surface area contributed by atoms with Crippen LogP contribution in [-0.2, 0) is 10.2 Å². The normalized spacial score (nSPS) is 18.3. The lowest BCUT2D eigenvalue weighted by Crippen LogP contribution is -2.41. The van der Waals surface area contributed by atoms with E-state index >= 15 is 0 Å². The first-order valence-corrected chi connectivity index (χ1v) is 11.1. The van der Waals surface area contributed by atoms with Crippen LogP contribution in [0.1, 0.15) is 22.4 Å². The number of rotatable bonds is 2. The van der Waals surface area contributed by atoms with E-state index in [2.05, 4.69) is 57.1 Å². The molecule has 0 aliphatic carbocycles. The first kappa shape index (κ1) is 18.5. The van der Waals surface area contributed by atoms with E-state index < -0.39 is 5.41 Å². The largest absolute Gasteiger partial charge is 0.360 e. The lowest BCUT2D eigenvalue weighted by molar-refractivity contribution is -0.120. The summed E-state index contributed by atoms with van der Waals surface area (Å²) in [5, 5.41) is 2.17. The Hall–Kier alpha value is -3.31. The summed E-state index contributed by atoms with van der Waals surface area (Å²) in [5.41, 5.74) is 5.98. The fraction of sp³-hybridized carbons (Fsp3) is 0.115. The van der Waals surface area contributed by atoms with Crippen LogP contribution in [0.2, 0.25) is 0 Å². The summed E-state index contributed by atoms with van der Waals surface area (Å²) in [6.07, 6.45) is 1.99. The molecule has 3 heterocycles. The molecule has 2 aromatic heterocycles. The van der Waals surface area contributed by atoms with E-state index in [-0.39, 0.29) is 5.91 Å². The Labute approximate surface area is 188 Å². The Morgan fingerprint density at radius 2 is 1.65 bits per heavy atom. The number of carbonyl (C=O) groups excluding carboxylic acids is 1. The Morgan fingerprint density at radius 3 is 2.48 bits per heavy atom. The highest BCUT2D eigenvalue weighted by atomic mass is 79.9. The second kappa shape index (κ2) is 6.34. The molecule has 0 saturated heterocycles. The Kier molecular flexibility index (Phi) is 3.78. The van der Waals surface area contributed by atoms with Crippen molar-refractivity contribution in [3.63, 3.8) is 0 Å². The molecular formula is C26H20BrN3O. The predicted molar refractivity (Wildman–Crippen MR) is 129 cm³/mol. The van der Waals surface area contributed by atoms with Crippen LogP contribution < -0.4 is 4.90 Å². The summed E-state index contributed by atoms with van der Waals surface area (Å²) in [6, 6.07) is 22.5. The molecule has 1 aliphatic heterocycles. The summed E-state index contributed by atoms with van der Waals surface area (Å²) in [4.78, 5) is 23.1. The number of para-hydroxylation sites is 3. The molecule has 0 fully saturated rings. The van der Waals surface area contributed by atoms with E-state index in [0.717, 1.165) is 54.4 Å². The molecule has 6 rings (SSSR count). The van der Waals surface area contributed by atoms with E-state index in [4.69, 9.17) is 0 Å². The smallest absolute Gasteiger partial charge is 0.248 e. The summed E-state index contributed by atoms with van der Waals surface area (Å²) in [6.45, 7) is 2.11. The zero-order valence-corrected chi connectivity index (χ0v) is 18.7. The number of fused-ring (bicyclic) bond motifs is 3. The molecule has 0 radical (unpaired) electrons. The fourth-order valence-corrected chi connectivity index (χ4v) is 5.76. The van der Waals surface area contributed by atoms with Crippen molar-refractivity contribution in [2.45, 2.75) is 12.3 Å². The topological polar surface area (TPSA) is 51.9 Å². The second-order valence-corrected chi connectivity index (χ2v) is 9.02. The first-order valence-electron chi connectivity index (χ1n) is 10.3. The number of H-pyrrole nitrogens is 2. The molecule has 2 N–H and O–H groups in total. The number of nitrogens with one attached hydrogen (secondary N) is 2. The summed E-state index contributed by atoms with van der Waals surface area (Å²) >= 11 is 3.66. The highest BCUT2D eigenvalue weighted by Gasteiger charge is 2.55. The minimum Gasteiger partial charge on any atom is -0.360 e. The van der Waals surface area contributed by atoms with Gasteiger partial charge in [-0.15, -0.1) is 0 Å². The molecule has 0 spiro atoms. The van der Waals surface area contributed by atoms with Gasteiger partial charge in [0.15, 0.2) is 0 Å². The third kappa shape index (κ3) is 2.22. The molecule has 5 heteroatoms. The SMILES string of the molecule is Cc1c([C@]2(c3c[nH]c4c(Br)cccc34)C(=O)N(C)c3ccccc32)[nH]c2ccccc12. The van der Waals surface area contributed by atoms with Gasteiger partial charge in [0.05, 0.1) is 5.52 Å². The van der Waals surface area contributed by atoms with E-state index in [1.54, 1.807) is 4.90 Å². The molecule has 152 valence electrons. The van der Waals surface area contributed by atoms with Crippen molar-refractivity contribution in [2.75, 3.05) is 11.9 Å². The van der Waals surface area contributed by atoms with Gasteiger partial charge in [0.1, 0.15) is 5.41 Å². The van der Waals surface area contributed by atoms with Gasteiger partial charge >= 0.3 is 0 Å². The van der Waals surface area contributed by atoms with Crippen molar-refractivity contribution < 1.29 is 4.79 Å². The van der Waals surface area contributed by atoms with Crippen molar-refractivity contribution in [1.82, 2.24) is 9.97 Å². The van der Waals surface area contributed by atoms with Gasteiger partial charge in [0, 0.05) is 56.5 Å². The second-order valence-electron chi connectivity index (χ2n) is 8.17. The van der Waals surface area contributed by atoms with Gasteiger partial charge in [-0.25, -0.2) is 0 Å². The molecule has 0 unspecified atom stereocenters. The van der Waals surface area contributed by atoms with Crippen LogP contribution in [0.25, 0.3) is 21.8 Å². The Balaban J connectivity index is 1.81. The Morgan fingerprint density at radius 1 is 0.903 bits per heavy atom. The molecule has 1 amide bonds. The van der Waals surface area contributed by atoms with E-state index in [9.17, 15) is 4.79 Å². The van der Waals surface area contributed by atoms with Crippen molar-refractivity contribution in [2.24, 2.45) is 0 Å². The number of likely N-dealkylation sites (N-methyl/N-ethyl adjacent to an activating group) is 1. The van der Waals surface area contributed by atoms with E-state index in [1.807, 2.05) is 55.7 Å². The van der Waals surface area contributed by atoms with Crippen LogP contribution in [0.5, 0.6) is 0 Å². The fourth-order valence-electron chi connectivity index (χ4n) is 5.28. The average Bonchev–Trinajstić information content (AvgIpc) is 3.43. The molecule has 0 bridgehead atoms. The maximum Gasteiger partial charge on any atom is 0.248 e. The summed E-state index contributed by atoms with van der Waals surface area (Å²) < 4.78 is 0.979. The summed E-state index contributed by atoms with van der Waals surface area (Å²) in [7, 11) is 1.87. The van der Waals surface area contributed by atoms with Crippen LogP contribution in [-0.4, -0.2) is 22.9 Å². The zero-order chi connectivity index (χ0) is 21.3. The molecule has 4 nitrogen and oxygen atoms in total. The zero-order valence-electron chi connectivity index (χ0n) is 17.2. The molecular weight excluding hydrogens is 450 g/mol. The third-order valence-corrected chi connectivity index (χ3v) is 7.37. The number of hydrogen-bond donors (Lipinski definition) is 2. The van der Waals surface area contributed by atoms with Crippen LogP contribution >= 0.6 is 15.9 Å². The number of amides is 1. The number of anilines is 1. The van der Waals surface area contributed by atoms with Crippen molar-refractivity contribution in [3.05, 3.63) is 99.8 Å². The minimum absolute atomic E-state index is 0.0456. The standard InChI is InChI=1S/C26H20BrN3O/c1-15-16-8-3-5-12-21(16)29-24(15)26(18-10-4-6-13-22(18)30(2)25(26)31)19-14-28-23-17(19)9-7-11-20(23)27/h3-14,28-29H,1-2H3/t26-/m0/s1. The number of aromatic nitrogens is 2. The van der Waals surface area contributed by atoms with Gasteiger partial charge in [-0.3, -0.25) is 4.79 Å². The number of halogens is 1. The molecule has 5 aromatic rings. The number of carbonyl (C=O) groups is 1. The quantitative estimate of drug-likeness (QED) is 0.325. The van der Waals surface area contributed by atoms with Gasteiger partial charge < -0.3 is 14.9 Å². The lowest BCUT2D eigenvalue weighted by Gasteiger charge is -2.29. The van der Waals surface area contributed by atoms with Crippen LogP contribution in [0, 0.1) is 6.92 Å². The number of hydrogen-bond acceptors (Lipinski definition) is 1. The van der Waals surface area contributed by atoms with E-state index in [0.29, 0.717) is 0 Å². The van der Waals surface area contributed by atoms with Crippen molar-refractivity contribution >= 4 is 49.3 Å². The lowest BCUT2D eigenvalue weighted by atomic mass is 9.71. The van der Waals surface area contributed by atoms with Crippen LogP contribution in [0.3, 0.4) is 0 Å². The average molecular weight is 470 g/mol. The van der Waals surface area contributed by atoms with Gasteiger partial charge in [-0.1, -0.05) is 48.5 Å². The number of nitrogens with zero attached hydrogens (tertiary/aromatic N) is 1.